The Morgan fingerprint density at radius 3 is 2.45 bits per heavy atom. The monoisotopic (exact) mass is 288 g/mol. The maximum atomic E-state index is 2.52. The Morgan fingerprint density at radius 1 is 0.909 bits per heavy atom. The van der Waals surface area contributed by atoms with Crippen LogP contribution in [-0.4, -0.2) is 0 Å². The summed E-state index contributed by atoms with van der Waals surface area (Å²) in [5, 5.41) is 0. The number of fused-ring (bicyclic) bond motifs is 1. The van der Waals surface area contributed by atoms with Gasteiger partial charge in [0.2, 0.25) is 0 Å². The van der Waals surface area contributed by atoms with Crippen molar-refractivity contribution in [2.75, 3.05) is 0 Å². The maximum Gasteiger partial charge on any atom is -0.00547 e. The molecule has 0 saturated heterocycles. The SMILES string of the molecule is Cc1cc2c(c(-c3ccccc3)c1)C=C(C1CCCCC1)C2. The molecule has 112 valence electrons. The fraction of sp³-hybridized carbons (Fsp3) is 0.364. The number of hydrogen-bond donors (Lipinski definition) is 0. The lowest BCUT2D eigenvalue weighted by Gasteiger charge is -2.22. The van der Waals surface area contributed by atoms with Crippen LogP contribution in [0.25, 0.3) is 17.2 Å². The third-order valence-electron chi connectivity index (χ3n) is 5.35. The molecule has 22 heavy (non-hydrogen) atoms. The second kappa shape index (κ2) is 5.76. The van der Waals surface area contributed by atoms with E-state index < -0.39 is 0 Å². The van der Waals surface area contributed by atoms with E-state index in [1.165, 1.54) is 60.8 Å². The molecule has 0 bridgehead atoms. The van der Waals surface area contributed by atoms with E-state index in [1.807, 2.05) is 0 Å². The van der Waals surface area contributed by atoms with Crippen molar-refractivity contribution in [3.05, 3.63) is 64.7 Å². The molecule has 0 atom stereocenters. The molecular weight excluding hydrogens is 264 g/mol. The summed E-state index contributed by atoms with van der Waals surface area (Å²) in [6.07, 6.45) is 10.8. The van der Waals surface area contributed by atoms with Gasteiger partial charge in [0.25, 0.3) is 0 Å². The number of benzene rings is 2. The molecule has 2 aromatic rings. The molecule has 1 fully saturated rings. The number of hydrogen-bond acceptors (Lipinski definition) is 0. The standard InChI is InChI=1S/C22H24/c1-16-12-20-14-19(17-8-4-2-5-9-17)15-22(20)21(13-16)18-10-6-3-7-11-18/h3,6-7,10-13,15,17H,2,4-5,8-9,14H2,1H3. The van der Waals surface area contributed by atoms with Crippen LogP contribution in [0.15, 0.2) is 48.0 Å². The summed E-state index contributed by atoms with van der Waals surface area (Å²) in [7, 11) is 0. The van der Waals surface area contributed by atoms with Crippen LogP contribution in [0.2, 0.25) is 0 Å². The van der Waals surface area contributed by atoms with Gasteiger partial charge in [-0.3, -0.25) is 0 Å². The molecule has 0 unspecified atom stereocenters. The van der Waals surface area contributed by atoms with E-state index in [-0.39, 0.29) is 0 Å². The predicted octanol–water partition coefficient (Wildman–Crippen LogP) is 6.18. The van der Waals surface area contributed by atoms with E-state index >= 15 is 0 Å². The van der Waals surface area contributed by atoms with Crippen LogP contribution in [0.3, 0.4) is 0 Å². The van der Waals surface area contributed by atoms with Crippen LogP contribution in [0.4, 0.5) is 0 Å². The van der Waals surface area contributed by atoms with E-state index in [0.717, 1.165) is 5.92 Å². The highest BCUT2D eigenvalue weighted by atomic mass is 14.3. The van der Waals surface area contributed by atoms with Crippen molar-refractivity contribution in [3.8, 4) is 11.1 Å². The van der Waals surface area contributed by atoms with Crippen LogP contribution in [-0.2, 0) is 6.42 Å². The van der Waals surface area contributed by atoms with E-state index in [9.17, 15) is 0 Å². The van der Waals surface area contributed by atoms with Crippen LogP contribution < -0.4 is 0 Å². The lowest BCUT2D eigenvalue weighted by molar-refractivity contribution is 0.401. The average Bonchev–Trinajstić information content (AvgIpc) is 2.99. The summed E-state index contributed by atoms with van der Waals surface area (Å²) in [4.78, 5) is 0. The van der Waals surface area contributed by atoms with Gasteiger partial charge < -0.3 is 0 Å². The summed E-state index contributed by atoms with van der Waals surface area (Å²) in [5.41, 5.74) is 8.87. The zero-order valence-corrected chi connectivity index (χ0v) is 13.4. The number of rotatable bonds is 2. The summed E-state index contributed by atoms with van der Waals surface area (Å²) < 4.78 is 0. The molecule has 0 radical (unpaired) electrons. The second-order valence-electron chi connectivity index (χ2n) is 6.98. The molecule has 0 amide bonds. The Kier molecular flexibility index (Phi) is 3.62. The Bertz CT molecular complexity index is 700. The fourth-order valence-corrected chi connectivity index (χ4v) is 4.24. The molecule has 0 nitrogen and oxygen atoms in total. The lowest BCUT2D eigenvalue weighted by Crippen LogP contribution is -2.09. The molecule has 0 aliphatic heterocycles. The molecule has 0 aromatic heterocycles. The fourth-order valence-electron chi connectivity index (χ4n) is 4.24. The van der Waals surface area contributed by atoms with Crippen LogP contribution in [0.1, 0.15) is 48.8 Å². The van der Waals surface area contributed by atoms with Gasteiger partial charge in [-0.25, -0.2) is 0 Å². The van der Waals surface area contributed by atoms with Gasteiger partial charge in [-0.1, -0.05) is 78.9 Å². The van der Waals surface area contributed by atoms with Gasteiger partial charge in [0, 0.05) is 0 Å². The van der Waals surface area contributed by atoms with E-state index in [1.54, 1.807) is 11.1 Å². The quantitative estimate of drug-likeness (QED) is 0.618. The molecule has 2 aliphatic rings. The maximum absolute atomic E-state index is 2.52. The van der Waals surface area contributed by atoms with E-state index in [0.29, 0.717) is 0 Å². The summed E-state index contributed by atoms with van der Waals surface area (Å²) in [6, 6.07) is 15.6. The minimum atomic E-state index is 0.838. The second-order valence-corrected chi connectivity index (χ2v) is 6.98. The number of aryl methyl sites for hydroxylation is 1. The van der Waals surface area contributed by atoms with Crippen molar-refractivity contribution in [3.63, 3.8) is 0 Å². The highest BCUT2D eigenvalue weighted by molar-refractivity contribution is 5.81. The largest absolute Gasteiger partial charge is 0.0622 e. The normalized spacial score (nSPS) is 18.1. The third kappa shape index (κ3) is 2.52. The van der Waals surface area contributed by atoms with Crippen LogP contribution >= 0.6 is 0 Å². The van der Waals surface area contributed by atoms with Gasteiger partial charge in [0.05, 0.1) is 0 Å². The first kappa shape index (κ1) is 13.8. The number of allylic oxidation sites excluding steroid dienone is 1. The highest BCUT2D eigenvalue weighted by Crippen LogP contribution is 2.40. The molecule has 0 N–H and O–H groups in total. The third-order valence-corrected chi connectivity index (χ3v) is 5.35. The van der Waals surface area contributed by atoms with Gasteiger partial charge in [0.1, 0.15) is 0 Å². The average molecular weight is 288 g/mol. The van der Waals surface area contributed by atoms with Crippen molar-refractivity contribution in [1.29, 1.82) is 0 Å². The van der Waals surface area contributed by atoms with Gasteiger partial charge in [0.15, 0.2) is 0 Å². The molecule has 2 aromatic carbocycles. The van der Waals surface area contributed by atoms with Crippen molar-refractivity contribution < 1.29 is 0 Å². The topological polar surface area (TPSA) is 0 Å². The Balaban J connectivity index is 1.75. The molecule has 1 saturated carbocycles. The van der Waals surface area contributed by atoms with Crippen molar-refractivity contribution in [2.24, 2.45) is 5.92 Å². The summed E-state index contributed by atoms with van der Waals surface area (Å²) in [6.45, 7) is 2.23. The minimum absolute atomic E-state index is 0.838. The minimum Gasteiger partial charge on any atom is -0.0622 e. The smallest absolute Gasteiger partial charge is 0.00547 e. The Hall–Kier alpha value is -1.82. The lowest BCUT2D eigenvalue weighted by atomic mass is 9.83. The van der Waals surface area contributed by atoms with Crippen LogP contribution in [0.5, 0.6) is 0 Å². The first-order chi connectivity index (χ1) is 10.8. The van der Waals surface area contributed by atoms with Crippen molar-refractivity contribution >= 4 is 6.08 Å². The molecule has 2 aliphatic carbocycles. The molecule has 0 heterocycles. The summed E-state index contributed by atoms with van der Waals surface area (Å²) in [5.74, 6) is 0.838. The van der Waals surface area contributed by atoms with E-state index in [4.69, 9.17) is 0 Å². The van der Waals surface area contributed by atoms with Crippen molar-refractivity contribution in [2.45, 2.75) is 45.4 Å². The van der Waals surface area contributed by atoms with Gasteiger partial charge in [-0.15, -0.1) is 0 Å². The van der Waals surface area contributed by atoms with Crippen LogP contribution in [0, 0.1) is 12.8 Å². The zero-order chi connectivity index (χ0) is 14.9. The van der Waals surface area contributed by atoms with Crippen molar-refractivity contribution in [1.82, 2.24) is 0 Å². The molecule has 0 heteroatoms. The molecule has 0 spiro atoms. The first-order valence-corrected chi connectivity index (χ1v) is 8.71. The zero-order valence-electron chi connectivity index (χ0n) is 13.4. The van der Waals surface area contributed by atoms with Gasteiger partial charge >= 0.3 is 0 Å². The van der Waals surface area contributed by atoms with Gasteiger partial charge in [-0.05, 0) is 54.4 Å². The first-order valence-electron chi connectivity index (χ1n) is 8.71. The molecular formula is C22H24. The van der Waals surface area contributed by atoms with Gasteiger partial charge in [-0.2, -0.15) is 0 Å². The Morgan fingerprint density at radius 2 is 1.68 bits per heavy atom. The highest BCUT2D eigenvalue weighted by Gasteiger charge is 2.24. The predicted molar refractivity (Wildman–Crippen MR) is 94.9 cm³/mol. The Labute approximate surface area is 133 Å². The van der Waals surface area contributed by atoms with E-state index in [2.05, 4.69) is 55.5 Å². The molecule has 4 rings (SSSR count). The summed E-state index contributed by atoms with van der Waals surface area (Å²) >= 11 is 0.